The first kappa shape index (κ1) is 7.80. The summed E-state index contributed by atoms with van der Waals surface area (Å²) < 4.78 is 0. The Bertz CT molecular complexity index is 296. The maximum Gasteiger partial charge on any atom is 0.145 e. The minimum atomic E-state index is 0.338. The first-order valence-electron chi connectivity index (χ1n) is 3.99. The normalized spacial score (nSPS) is 16.4. The number of nitrogen functional groups attached to an aromatic ring is 1. The molecule has 1 aromatic rings. The lowest BCUT2D eigenvalue weighted by Gasteiger charge is -2.01. The number of nitrogens with zero attached hydrogens (tertiary/aromatic N) is 2. The second-order valence-electron chi connectivity index (χ2n) is 3.04. The molecule has 2 N–H and O–H groups in total. The molecule has 1 heterocycles. The van der Waals surface area contributed by atoms with E-state index in [4.69, 9.17) is 17.3 Å². The Morgan fingerprint density at radius 1 is 1.50 bits per heavy atom. The number of hydrogen-bond donors (Lipinski definition) is 1. The predicted molar refractivity (Wildman–Crippen MR) is 48.0 cm³/mol. The molecule has 4 heteroatoms. The lowest BCUT2D eigenvalue weighted by atomic mass is 10.3. The molecule has 0 radical (unpaired) electrons. The van der Waals surface area contributed by atoms with Crippen LogP contribution in [0.25, 0.3) is 0 Å². The molecule has 0 spiro atoms. The molecule has 0 bridgehead atoms. The second kappa shape index (κ2) is 2.90. The van der Waals surface area contributed by atoms with E-state index < -0.39 is 0 Å². The fraction of sp³-hybridized carbons (Fsp3) is 0.500. The Morgan fingerprint density at radius 3 is 2.83 bits per heavy atom. The van der Waals surface area contributed by atoms with E-state index in [9.17, 15) is 0 Å². The molecule has 1 fully saturated rings. The molecule has 64 valence electrons. The average Bonchev–Trinajstić information content (AvgIpc) is 2.85. The standard InChI is InChI=1S/C8H10ClN3/c9-4-8-11-6(5-1-2-5)3-7(10)12-8/h3,5H,1-2,4H2,(H2,10,11,12). The third-order valence-corrected chi connectivity index (χ3v) is 2.17. The van der Waals surface area contributed by atoms with Crippen LogP contribution in [-0.4, -0.2) is 9.97 Å². The monoisotopic (exact) mass is 183 g/mol. The summed E-state index contributed by atoms with van der Waals surface area (Å²) >= 11 is 5.62. The van der Waals surface area contributed by atoms with Gasteiger partial charge in [-0.15, -0.1) is 11.6 Å². The Labute approximate surface area is 76.0 Å². The van der Waals surface area contributed by atoms with Gasteiger partial charge in [-0.25, -0.2) is 9.97 Å². The van der Waals surface area contributed by atoms with Gasteiger partial charge in [0.2, 0.25) is 0 Å². The molecular weight excluding hydrogens is 174 g/mol. The number of alkyl halides is 1. The van der Waals surface area contributed by atoms with Crippen molar-refractivity contribution in [3.8, 4) is 0 Å². The minimum Gasteiger partial charge on any atom is -0.384 e. The number of rotatable bonds is 2. The van der Waals surface area contributed by atoms with Gasteiger partial charge in [0.05, 0.1) is 5.88 Å². The average molecular weight is 184 g/mol. The summed E-state index contributed by atoms with van der Waals surface area (Å²) in [6.07, 6.45) is 2.44. The lowest BCUT2D eigenvalue weighted by molar-refractivity contribution is 0.935. The van der Waals surface area contributed by atoms with Crippen LogP contribution in [0.3, 0.4) is 0 Å². The van der Waals surface area contributed by atoms with Crippen molar-refractivity contribution in [2.24, 2.45) is 0 Å². The zero-order valence-electron chi connectivity index (χ0n) is 6.63. The van der Waals surface area contributed by atoms with Crippen molar-refractivity contribution in [1.29, 1.82) is 0 Å². The topological polar surface area (TPSA) is 51.8 Å². The Kier molecular flexibility index (Phi) is 1.89. The quantitative estimate of drug-likeness (QED) is 0.710. The van der Waals surface area contributed by atoms with Crippen LogP contribution < -0.4 is 5.73 Å². The van der Waals surface area contributed by atoms with Gasteiger partial charge < -0.3 is 5.73 Å². The van der Waals surface area contributed by atoms with Crippen LogP contribution >= 0.6 is 11.6 Å². The number of anilines is 1. The van der Waals surface area contributed by atoms with Gasteiger partial charge in [0.15, 0.2) is 0 Å². The molecule has 0 unspecified atom stereocenters. The van der Waals surface area contributed by atoms with Gasteiger partial charge in [0, 0.05) is 17.7 Å². The van der Waals surface area contributed by atoms with Crippen molar-refractivity contribution >= 4 is 17.4 Å². The van der Waals surface area contributed by atoms with Gasteiger partial charge in [-0.05, 0) is 12.8 Å². The number of halogens is 1. The van der Waals surface area contributed by atoms with Gasteiger partial charge in [-0.3, -0.25) is 0 Å². The molecule has 0 aromatic carbocycles. The molecule has 2 rings (SSSR count). The summed E-state index contributed by atoms with van der Waals surface area (Å²) in [5, 5.41) is 0. The molecule has 0 saturated heterocycles. The third kappa shape index (κ3) is 1.50. The van der Waals surface area contributed by atoms with E-state index >= 15 is 0 Å². The van der Waals surface area contributed by atoms with E-state index in [1.807, 2.05) is 6.07 Å². The number of hydrogen-bond acceptors (Lipinski definition) is 3. The highest BCUT2D eigenvalue weighted by Gasteiger charge is 2.25. The highest BCUT2D eigenvalue weighted by Crippen LogP contribution is 2.39. The molecule has 1 aliphatic carbocycles. The van der Waals surface area contributed by atoms with Gasteiger partial charge in [-0.1, -0.05) is 0 Å². The summed E-state index contributed by atoms with van der Waals surface area (Å²) in [6.45, 7) is 0. The van der Waals surface area contributed by atoms with Gasteiger partial charge in [-0.2, -0.15) is 0 Å². The minimum absolute atomic E-state index is 0.338. The van der Waals surface area contributed by atoms with E-state index in [-0.39, 0.29) is 0 Å². The summed E-state index contributed by atoms with van der Waals surface area (Å²) in [7, 11) is 0. The van der Waals surface area contributed by atoms with Crippen LogP contribution in [0.15, 0.2) is 6.07 Å². The van der Waals surface area contributed by atoms with Crippen molar-refractivity contribution < 1.29 is 0 Å². The fourth-order valence-electron chi connectivity index (χ4n) is 1.19. The second-order valence-corrected chi connectivity index (χ2v) is 3.31. The molecule has 0 amide bonds. The molecule has 3 nitrogen and oxygen atoms in total. The predicted octanol–water partition coefficient (Wildman–Crippen LogP) is 1.68. The zero-order chi connectivity index (χ0) is 8.55. The maximum atomic E-state index is 5.62. The SMILES string of the molecule is Nc1cc(C2CC2)nc(CCl)n1. The number of nitrogens with two attached hydrogens (primary N) is 1. The van der Waals surface area contributed by atoms with Crippen LogP contribution in [0.1, 0.15) is 30.3 Å². The van der Waals surface area contributed by atoms with E-state index in [1.54, 1.807) is 0 Å². The first-order chi connectivity index (χ1) is 5.79. The van der Waals surface area contributed by atoms with Crippen molar-refractivity contribution in [2.45, 2.75) is 24.6 Å². The fourth-order valence-corrected chi connectivity index (χ4v) is 1.31. The van der Waals surface area contributed by atoms with Crippen molar-refractivity contribution in [3.63, 3.8) is 0 Å². The van der Waals surface area contributed by atoms with Crippen LogP contribution in [0.5, 0.6) is 0 Å². The van der Waals surface area contributed by atoms with Crippen LogP contribution in [0.4, 0.5) is 5.82 Å². The highest BCUT2D eigenvalue weighted by molar-refractivity contribution is 6.16. The van der Waals surface area contributed by atoms with E-state index in [1.165, 1.54) is 12.8 Å². The van der Waals surface area contributed by atoms with Gasteiger partial charge >= 0.3 is 0 Å². The summed E-state index contributed by atoms with van der Waals surface area (Å²) in [4.78, 5) is 8.29. The van der Waals surface area contributed by atoms with E-state index in [0.717, 1.165) is 5.69 Å². The Morgan fingerprint density at radius 2 is 2.25 bits per heavy atom. The van der Waals surface area contributed by atoms with E-state index in [2.05, 4.69) is 9.97 Å². The van der Waals surface area contributed by atoms with Crippen LogP contribution in [-0.2, 0) is 5.88 Å². The van der Waals surface area contributed by atoms with Crippen molar-refractivity contribution in [1.82, 2.24) is 9.97 Å². The number of aromatic nitrogens is 2. The van der Waals surface area contributed by atoms with Gasteiger partial charge in [0.25, 0.3) is 0 Å². The zero-order valence-corrected chi connectivity index (χ0v) is 7.38. The molecular formula is C8H10ClN3. The van der Waals surface area contributed by atoms with Crippen molar-refractivity contribution in [3.05, 3.63) is 17.6 Å². The van der Waals surface area contributed by atoms with Gasteiger partial charge in [0.1, 0.15) is 11.6 Å². The molecule has 12 heavy (non-hydrogen) atoms. The third-order valence-electron chi connectivity index (χ3n) is 1.93. The van der Waals surface area contributed by atoms with E-state index in [0.29, 0.717) is 23.4 Å². The Balaban J connectivity index is 2.34. The first-order valence-corrected chi connectivity index (χ1v) is 4.52. The highest BCUT2D eigenvalue weighted by atomic mass is 35.5. The Hall–Kier alpha value is -0.830. The molecule has 1 saturated carbocycles. The summed E-state index contributed by atoms with van der Waals surface area (Å²) in [6, 6.07) is 1.84. The maximum absolute atomic E-state index is 5.62. The lowest BCUT2D eigenvalue weighted by Crippen LogP contribution is -2.00. The molecule has 0 aliphatic heterocycles. The molecule has 1 aromatic heterocycles. The summed E-state index contributed by atoms with van der Waals surface area (Å²) in [5.41, 5.74) is 6.64. The molecule has 1 aliphatic rings. The largest absolute Gasteiger partial charge is 0.384 e. The summed E-state index contributed by atoms with van der Waals surface area (Å²) in [5.74, 6) is 2.11. The molecule has 0 atom stereocenters. The smallest absolute Gasteiger partial charge is 0.145 e. The van der Waals surface area contributed by atoms with Crippen LogP contribution in [0, 0.1) is 0 Å². The van der Waals surface area contributed by atoms with Crippen LogP contribution in [0.2, 0.25) is 0 Å². The van der Waals surface area contributed by atoms with Crippen molar-refractivity contribution in [2.75, 3.05) is 5.73 Å².